The first kappa shape index (κ1) is 17.9. The third-order valence-corrected chi connectivity index (χ3v) is 7.81. The van der Waals surface area contributed by atoms with Gasteiger partial charge in [0.25, 0.3) is 0 Å². The van der Waals surface area contributed by atoms with Crippen molar-refractivity contribution >= 4 is 11.5 Å². The summed E-state index contributed by atoms with van der Waals surface area (Å²) < 4.78 is 5.32. The number of rotatable bonds is 2. The average molecular weight is 376 g/mol. The van der Waals surface area contributed by atoms with Gasteiger partial charge in [0.2, 0.25) is 0 Å². The molecule has 0 aromatic heterocycles. The van der Waals surface area contributed by atoms with Gasteiger partial charge in [-0.3, -0.25) is 4.90 Å². The Labute approximate surface area is 167 Å². The second-order valence-electron chi connectivity index (χ2n) is 8.90. The second-order valence-corrected chi connectivity index (χ2v) is 8.90. The van der Waals surface area contributed by atoms with Crippen molar-refractivity contribution < 1.29 is 9.53 Å². The van der Waals surface area contributed by atoms with E-state index in [9.17, 15) is 4.79 Å². The van der Waals surface area contributed by atoms with E-state index in [1.54, 1.807) is 0 Å². The molecular weight excluding hydrogens is 346 g/mol. The predicted molar refractivity (Wildman–Crippen MR) is 112 cm³/mol. The number of esters is 1. The molecule has 2 aliphatic heterocycles. The van der Waals surface area contributed by atoms with Crippen LogP contribution in [0.2, 0.25) is 0 Å². The standard InChI is InChI=1S/C25H29NO2/c1-5-16-14-26-11-10-25-20(23(24(27)28-4)19(16)13-22(25)26)9-8-17-6-7-18(15(2)3)12-21(17)25/h5-7,12,19,22H,2,8-11,13-14H2,1,3-4H3/b16-5-/t19?,22-,25+/m0/s1. The number of carbonyl (C=O) groups excluding carboxylic acids is 1. The van der Waals surface area contributed by atoms with Gasteiger partial charge in [-0.15, -0.1) is 0 Å². The molecule has 2 bridgehead atoms. The number of ether oxygens (including phenoxy) is 1. The van der Waals surface area contributed by atoms with Gasteiger partial charge in [0.15, 0.2) is 0 Å². The monoisotopic (exact) mass is 375 g/mol. The van der Waals surface area contributed by atoms with Crippen LogP contribution < -0.4 is 0 Å². The topological polar surface area (TPSA) is 29.5 Å². The van der Waals surface area contributed by atoms with Crippen molar-refractivity contribution in [2.45, 2.75) is 51.0 Å². The molecule has 1 unspecified atom stereocenters. The first-order valence-corrected chi connectivity index (χ1v) is 10.5. The number of hydrogen-bond acceptors (Lipinski definition) is 3. The molecule has 1 aromatic rings. The van der Waals surface area contributed by atoms with Crippen LogP contribution in [0.5, 0.6) is 0 Å². The van der Waals surface area contributed by atoms with Crippen molar-refractivity contribution in [2.24, 2.45) is 5.92 Å². The molecule has 2 heterocycles. The van der Waals surface area contributed by atoms with Gasteiger partial charge >= 0.3 is 5.97 Å². The van der Waals surface area contributed by atoms with Crippen LogP contribution in [0, 0.1) is 5.92 Å². The summed E-state index contributed by atoms with van der Waals surface area (Å²) in [5.74, 6) is 0.114. The number of aryl methyl sites for hydroxylation is 1. The van der Waals surface area contributed by atoms with E-state index in [1.807, 2.05) is 0 Å². The van der Waals surface area contributed by atoms with Crippen LogP contribution in [-0.2, 0) is 21.4 Å². The molecule has 3 atom stereocenters. The molecule has 2 fully saturated rings. The first-order valence-electron chi connectivity index (χ1n) is 10.5. The fraction of sp³-hybridized carbons (Fsp3) is 0.480. The number of allylic oxidation sites excluding steroid dienone is 2. The molecule has 3 heteroatoms. The lowest BCUT2D eigenvalue weighted by atomic mass is 9.54. The molecule has 1 aromatic carbocycles. The molecule has 3 nitrogen and oxygen atoms in total. The van der Waals surface area contributed by atoms with Crippen LogP contribution in [0.4, 0.5) is 0 Å². The summed E-state index contributed by atoms with van der Waals surface area (Å²) in [5, 5.41) is 0. The lowest BCUT2D eigenvalue weighted by molar-refractivity contribution is -0.137. The fourth-order valence-electron chi connectivity index (χ4n) is 6.56. The van der Waals surface area contributed by atoms with E-state index in [0.717, 1.165) is 49.9 Å². The summed E-state index contributed by atoms with van der Waals surface area (Å²) in [5.41, 5.74) is 8.93. The molecule has 2 aliphatic carbocycles. The molecule has 0 radical (unpaired) electrons. The van der Waals surface area contributed by atoms with E-state index in [1.165, 1.54) is 34.9 Å². The van der Waals surface area contributed by atoms with Crippen molar-refractivity contribution in [1.29, 1.82) is 0 Å². The minimum Gasteiger partial charge on any atom is -0.466 e. The molecule has 2 saturated heterocycles. The third-order valence-electron chi connectivity index (χ3n) is 7.81. The molecule has 146 valence electrons. The highest BCUT2D eigenvalue weighted by Crippen LogP contribution is 2.60. The summed E-state index contributed by atoms with van der Waals surface area (Å²) in [4.78, 5) is 15.7. The quantitative estimate of drug-likeness (QED) is 0.566. The average Bonchev–Trinajstić information content (AvgIpc) is 3.11. The van der Waals surface area contributed by atoms with Crippen molar-refractivity contribution in [3.63, 3.8) is 0 Å². The Morgan fingerprint density at radius 1 is 1.36 bits per heavy atom. The van der Waals surface area contributed by atoms with Gasteiger partial charge in [-0.1, -0.05) is 42.0 Å². The van der Waals surface area contributed by atoms with Gasteiger partial charge in [-0.25, -0.2) is 4.79 Å². The highest BCUT2D eigenvalue weighted by atomic mass is 16.5. The number of methoxy groups -OCH3 is 1. The zero-order valence-corrected chi connectivity index (χ0v) is 17.2. The molecule has 0 amide bonds. The molecule has 0 N–H and O–H groups in total. The minimum absolute atomic E-state index is 0.0294. The Kier molecular flexibility index (Phi) is 3.96. The summed E-state index contributed by atoms with van der Waals surface area (Å²) in [6.45, 7) is 10.4. The van der Waals surface area contributed by atoms with Gasteiger partial charge in [0.1, 0.15) is 0 Å². The molecule has 0 saturated carbocycles. The first-order chi connectivity index (χ1) is 13.5. The normalized spacial score (nSPS) is 32.2. The number of nitrogens with zero attached hydrogens (tertiary/aromatic N) is 1. The summed E-state index contributed by atoms with van der Waals surface area (Å²) >= 11 is 0. The number of fused-ring (bicyclic) bond motifs is 2. The number of benzene rings is 1. The van der Waals surface area contributed by atoms with Crippen molar-refractivity contribution in [3.05, 3.63) is 64.3 Å². The molecule has 5 rings (SSSR count). The maximum absolute atomic E-state index is 13.0. The largest absolute Gasteiger partial charge is 0.466 e. The number of hydrogen-bond donors (Lipinski definition) is 0. The van der Waals surface area contributed by atoms with E-state index in [-0.39, 0.29) is 17.3 Å². The van der Waals surface area contributed by atoms with E-state index in [2.05, 4.69) is 49.6 Å². The second kappa shape index (κ2) is 6.18. The smallest absolute Gasteiger partial charge is 0.334 e. The highest BCUT2D eigenvalue weighted by molar-refractivity contribution is 5.92. The van der Waals surface area contributed by atoms with E-state index >= 15 is 0 Å². The Balaban J connectivity index is 1.81. The predicted octanol–water partition coefficient (Wildman–Crippen LogP) is 4.43. The third kappa shape index (κ3) is 2.17. The summed E-state index contributed by atoms with van der Waals surface area (Å²) in [7, 11) is 1.53. The molecule has 28 heavy (non-hydrogen) atoms. The maximum Gasteiger partial charge on any atom is 0.334 e. The van der Waals surface area contributed by atoms with Gasteiger partial charge < -0.3 is 4.74 Å². The lowest BCUT2D eigenvalue weighted by Crippen LogP contribution is -2.55. The van der Waals surface area contributed by atoms with Crippen LogP contribution in [0.3, 0.4) is 0 Å². The van der Waals surface area contributed by atoms with Crippen molar-refractivity contribution in [3.8, 4) is 0 Å². The Morgan fingerprint density at radius 3 is 2.89 bits per heavy atom. The van der Waals surface area contributed by atoms with Crippen LogP contribution in [0.15, 0.2) is 47.6 Å². The summed E-state index contributed by atoms with van der Waals surface area (Å²) in [6, 6.07) is 7.38. The van der Waals surface area contributed by atoms with Crippen LogP contribution >= 0.6 is 0 Å². The fourth-order valence-corrected chi connectivity index (χ4v) is 6.56. The van der Waals surface area contributed by atoms with Crippen LogP contribution in [0.25, 0.3) is 5.57 Å². The maximum atomic E-state index is 13.0. The number of carbonyl (C=O) groups is 1. The zero-order chi connectivity index (χ0) is 19.6. The molecular formula is C25H29NO2. The SMILES string of the molecule is C=C(C)c1ccc2c(c1)[C@]13CCN4C/C(=C/C)C(C[C@H]41)C(C(=O)OC)=C3CC2. The van der Waals surface area contributed by atoms with E-state index < -0.39 is 0 Å². The minimum atomic E-state index is -0.114. The van der Waals surface area contributed by atoms with Crippen LogP contribution in [0.1, 0.15) is 49.8 Å². The van der Waals surface area contributed by atoms with E-state index in [0.29, 0.717) is 6.04 Å². The Morgan fingerprint density at radius 2 is 2.18 bits per heavy atom. The Bertz CT molecular complexity index is 953. The molecule has 1 spiro atoms. The van der Waals surface area contributed by atoms with Gasteiger partial charge in [-0.05, 0) is 61.8 Å². The van der Waals surface area contributed by atoms with Gasteiger partial charge in [-0.2, -0.15) is 0 Å². The van der Waals surface area contributed by atoms with E-state index in [4.69, 9.17) is 4.74 Å². The number of piperidine rings is 1. The zero-order valence-electron chi connectivity index (χ0n) is 17.2. The molecule has 4 aliphatic rings. The highest BCUT2D eigenvalue weighted by Gasteiger charge is 2.60. The van der Waals surface area contributed by atoms with Crippen molar-refractivity contribution in [2.75, 3.05) is 20.2 Å². The van der Waals surface area contributed by atoms with Crippen LogP contribution in [-0.4, -0.2) is 37.1 Å². The van der Waals surface area contributed by atoms with Gasteiger partial charge in [0, 0.05) is 36.0 Å². The Hall–Kier alpha value is -2.13. The summed E-state index contributed by atoms with van der Waals surface area (Å²) in [6.07, 6.45) is 6.34. The van der Waals surface area contributed by atoms with Crippen molar-refractivity contribution in [1.82, 2.24) is 4.90 Å². The lowest BCUT2D eigenvalue weighted by Gasteiger charge is -2.53. The van der Waals surface area contributed by atoms with Gasteiger partial charge in [0.05, 0.1) is 7.11 Å².